The quantitative estimate of drug-likeness (QED) is 0.902. The molecule has 1 saturated heterocycles. The Morgan fingerprint density at radius 2 is 2.26 bits per heavy atom. The van der Waals surface area contributed by atoms with Gasteiger partial charge in [-0.1, -0.05) is 0 Å². The Morgan fingerprint density at radius 3 is 3.16 bits per heavy atom. The van der Waals surface area contributed by atoms with Crippen molar-refractivity contribution in [3.63, 3.8) is 0 Å². The Labute approximate surface area is 117 Å². The van der Waals surface area contributed by atoms with E-state index in [1.54, 1.807) is 11.3 Å². The fourth-order valence-corrected chi connectivity index (χ4v) is 4.82. The van der Waals surface area contributed by atoms with Crippen molar-refractivity contribution in [2.75, 3.05) is 6.61 Å². The van der Waals surface area contributed by atoms with Gasteiger partial charge in [0.2, 0.25) is 0 Å². The first-order valence-electron chi connectivity index (χ1n) is 7.34. The van der Waals surface area contributed by atoms with Crippen LogP contribution in [0, 0.1) is 5.92 Å². The van der Waals surface area contributed by atoms with Crippen LogP contribution in [0.2, 0.25) is 0 Å². The molecule has 1 aromatic rings. The Bertz CT molecular complexity index is 510. The van der Waals surface area contributed by atoms with Crippen LogP contribution in [-0.2, 0) is 17.6 Å². The Hall–Kier alpha value is -0.870. The molecule has 1 aliphatic heterocycles. The van der Waals surface area contributed by atoms with Crippen LogP contribution in [-0.4, -0.2) is 24.7 Å². The van der Waals surface area contributed by atoms with E-state index in [9.17, 15) is 4.79 Å². The van der Waals surface area contributed by atoms with Crippen LogP contribution in [0.3, 0.4) is 0 Å². The second-order valence-corrected chi connectivity index (χ2v) is 6.90. The molecule has 19 heavy (non-hydrogen) atoms. The van der Waals surface area contributed by atoms with Crippen LogP contribution in [0.15, 0.2) is 5.38 Å². The largest absolute Gasteiger partial charge is 0.378 e. The molecule has 4 rings (SSSR count). The smallest absolute Gasteiger partial charge is 0.252 e. The lowest BCUT2D eigenvalue weighted by Gasteiger charge is -2.39. The monoisotopic (exact) mass is 277 g/mol. The summed E-state index contributed by atoms with van der Waals surface area (Å²) in [4.78, 5) is 13.9. The summed E-state index contributed by atoms with van der Waals surface area (Å²) in [6.07, 6.45) is 7.28. The molecule has 1 N–H and O–H groups in total. The average Bonchev–Trinajstić information content (AvgIpc) is 2.99. The van der Waals surface area contributed by atoms with E-state index >= 15 is 0 Å². The lowest BCUT2D eigenvalue weighted by molar-refractivity contribution is 0.00809. The molecule has 1 aromatic heterocycles. The van der Waals surface area contributed by atoms with Crippen LogP contribution >= 0.6 is 11.3 Å². The van der Waals surface area contributed by atoms with Gasteiger partial charge in [-0.05, 0) is 44.1 Å². The number of hydrogen-bond acceptors (Lipinski definition) is 3. The fourth-order valence-electron chi connectivity index (χ4n) is 3.69. The van der Waals surface area contributed by atoms with Crippen molar-refractivity contribution in [2.24, 2.45) is 5.92 Å². The average molecular weight is 277 g/mol. The number of thiophene rings is 1. The van der Waals surface area contributed by atoms with Crippen molar-refractivity contribution >= 4 is 17.2 Å². The van der Waals surface area contributed by atoms with Crippen molar-refractivity contribution in [2.45, 2.75) is 50.7 Å². The lowest BCUT2D eigenvalue weighted by atomic mass is 9.76. The second-order valence-electron chi connectivity index (χ2n) is 5.94. The molecule has 3 atom stereocenters. The molecule has 0 radical (unpaired) electrons. The van der Waals surface area contributed by atoms with Gasteiger partial charge < -0.3 is 10.1 Å². The molecule has 102 valence electrons. The zero-order valence-electron chi connectivity index (χ0n) is 11.0. The van der Waals surface area contributed by atoms with Crippen molar-refractivity contribution < 1.29 is 9.53 Å². The number of fused-ring (bicyclic) bond motifs is 2. The van der Waals surface area contributed by atoms with Crippen molar-refractivity contribution in [1.29, 1.82) is 0 Å². The molecule has 0 spiro atoms. The molecule has 2 aliphatic carbocycles. The van der Waals surface area contributed by atoms with Crippen molar-refractivity contribution in [1.82, 2.24) is 5.32 Å². The maximum absolute atomic E-state index is 12.4. The van der Waals surface area contributed by atoms with E-state index in [0.29, 0.717) is 18.1 Å². The van der Waals surface area contributed by atoms with Crippen LogP contribution in [0.1, 0.15) is 46.5 Å². The first-order valence-corrected chi connectivity index (χ1v) is 8.22. The lowest BCUT2D eigenvalue weighted by Crippen LogP contribution is -2.53. The molecule has 3 nitrogen and oxygen atoms in total. The summed E-state index contributed by atoms with van der Waals surface area (Å²) in [6, 6.07) is 0.346. The van der Waals surface area contributed by atoms with Crippen LogP contribution < -0.4 is 5.32 Å². The van der Waals surface area contributed by atoms with Crippen molar-refractivity contribution in [3.8, 4) is 0 Å². The zero-order valence-corrected chi connectivity index (χ0v) is 11.8. The first-order chi connectivity index (χ1) is 9.33. The highest BCUT2D eigenvalue weighted by atomic mass is 32.1. The van der Waals surface area contributed by atoms with Gasteiger partial charge in [0.15, 0.2) is 0 Å². The van der Waals surface area contributed by atoms with Gasteiger partial charge in [-0.15, -0.1) is 11.3 Å². The van der Waals surface area contributed by atoms with E-state index in [1.807, 2.05) is 0 Å². The summed E-state index contributed by atoms with van der Waals surface area (Å²) < 4.78 is 5.60. The van der Waals surface area contributed by atoms with E-state index < -0.39 is 0 Å². The number of ether oxygens (including phenoxy) is 1. The minimum Gasteiger partial charge on any atom is -0.378 e. The molecule has 2 fully saturated rings. The number of carbonyl (C=O) groups is 1. The van der Waals surface area contributed by atoms with Crippen LogP contribution in [0.4, 0.5) is 0 Å². The maximum Gasteiger partial charge on any atom is 0.252 e. The zero-order chi connectivity index (χ0) is 12.8. The second kappa shape index (κ2) is 4.60. The molecular formula is C15H19NO2S. The van der Waals surface area contributed by atoms with Gasteiger partial charge in [0.1, 0.15) is 0 Å². The predicted octanol–water partition coefficient (Wildman–Crippen LogP) is 2.53. The summed E-state index contributed by atoms with van der Waals surface area (Å²) in [6.45, 7) is 0.871. The highest BCUT2D eigenvalue weighted by molar-refractivity contribution is 7.10. The summed E-state index contributed by atoms with van der Waals surface area (Å²) in [5, 5.41) is 5.29. The first kappa shape index (κ1) is 11.9. The fraction of sp³-hybridized carbons (Fsp3) is 0.667. The van der Waals surface area contributed by atoms with Gasteiger partial charge in [0, 0.05) is 28.8 Å². The molecule has 3 aliphatic rings. The van der Waals surface area contributed by atoms with Gasteiger partial charge in [0.05, 0.1) is 11.7 Å². The van der Waals surface area contributed by atoms with E-state index in [2.05, 4.69) is 10.7 Å². The molecule has 4 heteroatoms. The minimum absolute atomic E-state index is 0.148. The molecule has 0 aromatic carbocycles. The number of carbonyl (C=O) groups excluding carboxylic acids is 1. The highest BCUT2D eigenvalue weighted by Gasteiger charge is 2.45. The Kier molecular flexibility index (Phi) is 2.88. The predicted molar refractivity (Wildman–Crippen MR) is 74.7 cm³/mol. The molecule has 1 amide bonds. The normalized spacial score (nSPS) is 32.3. The molecule has 2 heterocycles. The third-order valence-corrected chi connectivity index (χ3v) is 5.97. The van der Waals surface area contributed by atoms with Gasteiger partial charge >= 0.3 is 0 Å². The van der Waals surface area contributed by atoms with Gasteiger partial charge in [-0.25, -0.2) is 0 Å². The standard InChI is InChI=1S/C15H19NO2S/c17-15(16-12-7-13-10(12)5-6-18-13)11-8-19-14-4-2-1-3-9(11)14/h8,10,12-13H,1-7H2,(H,16,17)/t10-,12+,13+/m1/s1. The van der Waals surface area contributed by atoms with Crippen molar-refractivity contribution in [3.05, 3.63) is 21.4 Å². The topological polar surface area (TPSA) is 38.3 Å². The summed E-state index contributed by atoms with van der Waals surface area (Å²) in [5.41, 5.74) is 2.27. The van der Waals surface area contributed by atoms with E-state index in [4.69, 9.17) is 4.74 Å². The summed E-state index contributed by atoms with van der Waals surface area (Å²) in [7, 11) is 0. The van der Waals surface area contributed by atoms with Gasteiger partial charge in [-0.2, -0.15) is 0 Å². The number of aryl methyl sites for hydroxylation is 1. The van der Waals surface area contributed by atoms with E-state index in [0.717, 1.165) is 37.9 Å². The number of amides is 1. The van der Waals surface area contributed by atoms with E-state index in [1.165, 1.54) is 23.3 Å². The summed E-state index contributed by atoms with van der Waals surface area (Å²) in [5.74, 6) is 0.716. The highest BCUT2D eigenvalue weighted by Crippen LogP contribution is 2.39. The van der Waals surface area contributed by atoms with Gasteiger partial charge in [-0.3, -0.25) is 4.79 Å². The number of rotatable bonds is 2. The summed E-state index contributed by atoms with van der Waals surface area (Å²) >= 11 is 1.77. The molecule has 0 unspecified atom stereocenters. The maximum atomic E-state index is 12.4. The molecular weight excluding hydrogens is 258 g/mol. The van der Waals surface area contributed by atoms with E-state index in [-0.39, 0.29) is 5.91 Å². The number of nitrogens with one attached hydrogen (secondary N) is 1. The minimum atomic E-state index is 0.148. The Balaban J connectivity index is 1.47. The SMILES string of the molecule is O=C(N[C@H]1C[C@@H]2OCC[C@H]12)c1csc2c1CCCC2. The third kappa shape index (κ3) is 1.93. The van der Waals surface area contributed by atoms with Gasteiger partial charge in [0.25, 0.3) is 5.91 Å². The third-order valence-electron chi connectivity index (χ3n) is 4.89. The number of hydrogen-bond donors (Lipinski definition) is 1. The molecule has 1 saturated carbocycles. The van der Waals surface area contributed by atoms with Crippen LogP contribution in [0.25, 0.3) is 0 Å². The van der Waals surface area contributed by atoms with Crippen LogP contribution in [0.5, 0.6) is 0 Å². The Morgan fingerprint density at radius 1 is 1.37 bits per heavy atom. The molecule has 0 bridgehead atoms.